The molecule has 0 aliphatic heterocycles. The lowest BCUT2D eigenvalue weighted by atomic mass is 9.94. The third-order valence-electron chi connectivity index (χ3n) is 4.97. The van der Waals surface area contributed by atoms with Crippen molar-refractivity contribution in [1.29, 1.82) is 0 Å². The number of hydrogen-bond acceptors (Lipinski definition) is 4. The molecule has 2 amide bonds. The van der Waals surface area contributed by atoms with Crippen LogP contribution in [0.4, 0.5) is 5.69 Å². The van der Waals surface area contributed by atoms with Crippen molar-refractivity contribution >= 4 is 17.5 Å². The van der Waals surface area contributed by atoms with Gasteiger partial charge in [0.2, 0.25) is 0 Å². The van der Waals surface area contributed by atoms with Gasteiger partial charge in [-0.25, -0.2) is 0 Å². The molecule has 0 atom stereocenters. The Morgan fingerprint density at radius 3 is 2.65 bits per heavy atom. The van der Waals surface area contributed by atoms with Gasteiger partial charge in [-0.2, -0.15) is 0 Å². The SMILES string of the molecule is CN(C(=O)c1ccccc1NC(=O)c1coc(CN)c1)C1CCCCC1. The van der Waals surface area contributed by atoms with Crippen LogP contribution in [0.2, 0.25) is 0 Å². The van der Waals surface area contributed by atoms with Crippen LogP contribution in [0, 0.1) is 0 Å². The Balaban J connectivity index is 1.76. The highest BCUT2D eigenvalue weighted by molar-refractivity contribution is 6.08. The van der Waals surface area contributed by atoms with Crippen molar-refractivity contribution in [3.63, 3.8) is 0 Å². The van der Waals surface area contributed by atoms with Crippen LogP contribution in [0.5, 0.6) is 0 Å². The summed E-state index contributed by atoms with van der Waals surface area (Å²) in [5.41, 5.74) is 6.89. The second kappa shape index (κ2) is 8.19. The van der Waals surface area contributed by atoms with Gasteiger partial charge in [0, 0.05) is 13.1 Å². The van der Waals surface area contributed by atoms with Gasteiger partial charge in [0.15, 0.2) is 0 Å². The van der Waals surface area contributed by atoms with E-state index in [-0.39, 0.29) is 24.4 Å². The fourth-order valence-corrected chi connectivity index (χ4v) is 3.40. The van der Waals surface area contributed by atoms with Crippen LogP contribution < -0.4 is 11.1 Å². The maximum absolute atomic E-state index is 13.0. The van der Waals surface area contributed by atoms with Gasteiger partial charge in [-0.05, 0) is 31.0 Å². The molecule has 0 radical (unpaired) electrons. The number of amides is 2. The third kappa shape index (κ3) is 3.96. The van der Waals surface area contributed by atoms with E-state index in [1.54, 1.807) is 24.3 Å². The number of benzene rings is 1. The van der Waals surface area contributed by atoms with Crippen LogP contribution in [0.1, 0.15) is 58.6 Å². The number of para-hydroxylation sites is 1. The summed E-state index contributed by atoms with van der Waals surface area (Å²) in [6.07, 6.45) is 6.99. The molecule has 0 spiro atoms. The zero-order chi connectivity index (χ0) is 18.5. The van der Waals surface area contributed by atoms with Crippen LogP contribution in [0.15, 0.2) is 41.0 Å². The highest BCUT2D eigenvalue weighted by atomic mass is 16.3. The zero-order valence-electron chi connectivity index (χ0n) is 15.0. The topological polar surface area (TPSA) is 88.6 Å². The first-order valence-electron chi connectivity index (χ1n) is 9.05. The van der Waals surface area contributed by atoms with Gasteiger partial charge >= 0.3 is 0 Å². The van der Waals surface area contributed by atoms with E-state index in [4.69, 9.17) is 10.2 Å². The molecule has 1 aromatic heterocycles. The van der Waals surface area contributed by atoms with Gasteiger partial charge in [0.05, 0.1) is 23.4 Å². The number of hydrogen-bond donors (Lipinski definition) is 2. The lowest BCUT2D eigenvalue weighted by Crippen LogP contribution is -2.38. The standard InChI is InChI=1S/C20H25N3O3/c1-23(15-7-3-2-4-8-15)20(25)17-9-5-6-10-18(17)22-19(24)14-11-16(12-21)26-13-14/h5-6,9-11,13,15H,2-4,7-8,12,21H2,1H3,(H,22,24). The van der Waals surface area contributed by atoms with Crippen LogP contribution in [0.25, 0.3) is 0 Å². The van der Waals surface area contributed by atoms with Crippen molar-refractivity contribution < 1.29 is 14.0 Å². The summed E-state index contributed by atoms with van der Waals surface area (Å²) in [6.45, 7) is 0.231. The largest absolute Gasteiger partial charge is 0.467 e. The molecular weight excluding hydrogens is 330 g/mol. The fraction of sp³-hybridized carbons (Fsp3) is 0.400. The Hall–Kier alpha value is -2.60. The predicted molar refractivity (Wildman–Crippen MR) is 100.0 cm³/mol. The molecule has 3 rings (SSSR count). The Morgan fingerprint density at radius 1 is 1.23 bits per heavy atom. The molecule has 1 heterocycles. The Kier molecular flexibility index (Phi) is 5.73. The minimum atomic E-state index is -0.325. The van der Waals surface area contributed by atoms with E-state index >= 15 is 0 Å². The average molecular weight is 355 g/mol. The van der Waals surface area contributed by atoms with E-state index < -0.39 is 0 Å². The minimum Gasteiger partial charge on any atom is -0.467 e. The second-order valence-electron chi connectivity index (χ2n) is 6.71. The molecular formula is C20H25N3O3. The molecule has 6 heteroatoms. The number of carbonyl (C=O) groups excluding carboxylic acids is 2. The summed E-state index contributed by atoms with van der Waals surface area (Å²) in [7, 11) is 1.85. The number of carbonyl (C=O) groups is 2. The molecule has 0 bridgehead atoms. The zero-order valence-corrected chi connectivity index (χ0v) is 15.0. The average Bonchev–Trinajstić information content (AvgIpc) is 3.17. The summed E-state index contributed by atoms with van der Waals surface area (Å²) < 4.78 is 5.21. The first-order valence-corrected chi connectivity index (χ1v) is 9.05. The molecule has 6 nitrogen and oxygen atoms in total. The molecule has 2 aromatic rings. The van der Waals surface area contributed by atoms with Gasteiger partial charge in [-0.3, -0.25) is 9.59 Å². The van der Waals surface area contributed by atoms with E-state index in [0.717, 1.165) is 25.7 Å². The van der Waals surface area contributed by atoms with Crippen molar-refractivity contribution in [3.8, 4) is 0 Å². The molecule has 0 saturated heterocycles. The summed E-state index contributed by atoms with van der Waals surface area (Å²) in [6, 6.07) is 8.96. The molecule has 3 N–H and O–H groups in total. The first kappa shape index (κ1) is 18.2. The van der Waals surface area contributed by atoms with Crippen molar-refractivity contribution in [1.82, 2.24) is 4.90 Å². The minimum absolute atomic E-state index is 0.0670. The number of nitrogens with two attached hydrogens (primary N) is 1. The predicted octanol–water partition coefficient (Wildman–Crippen LogP) is 3.40. The molecule has 26 heavy (non-hydrogen) atoms. The van der Waals surface area contributed by atoms with Gasteiger partial charge in [-0.1, -0.05) is 31.4 Å². The summed E-state index contributed by atoms with van der Waals surface area (Å²) in [4.78, 5) is 27.2. The summed E-state index contributed by atoms with van der Waals surface area (Å²) >= 11 is 0. The Bertz CT molecular complexity index is 778. The molecule has 1 saturated carbocycles. The maximum Gasteiger partial charge on any atom is 0.258 e. The molecule has 1 aliphatic rings. The van der Waals surface area contributed by atoms with Crippen LogP contribution in [-0.4, -0.2) is 29.8 Å². The molecule has 1 fully saturated rings. The van der Waals surface area contributed by atoms with Crippen molar-refractivity contribution in [3.05, 3.63) is 53.5 Å². The normalized spacial score (nSPS) is 14.8. The van der Waals surface area contributed by atoms with Gasteiger partial charge in [-0.15, -0.1) is 0 Å². The molecule has 138 valence electrons. The van der Waals surface area contributed by atoms with E-state index in [0.29, 0.717) is 22.6 Å². The van der Waals surface area contributed by atoms with Gasteiger partial charge in [0.1, 0.15) is 12.0 Å². The number of furan rings is 1. The van der Waals surface area contributed by atoms with E-state index in [1.165, 1.54) is 12.7 Å². The highest BCUT2D eigenvalue weighted by Crippen LogP contribution is 2.25. The van der Waals surface area contributed by atoms with Crippen molar-refractivity contribution in [2.45, 2.75) is 44.7 Å². The van der Waals surface area contributed by atoms with Crippen LogP contribution in [0.3, 0.4) is 0 Å². The van der Waals surface area contributed by atoms with Crippen LogP contribution in [-0.2, 0) is 6.54 Å². The number of nitrogens with one attached hydrogen (secondary N) is 1. The fourth-order valence-electron chi connectivity index (χ4n) is 3.40. The number of nitrogens with zero attached hydrogens (tertiary/aromatic N) is 1. The number of rotatable bonds is 5. The first-order chi connectivity index (χ1) is 12.6. The molecule has 1 aliphatic carbocycles. The van der Waals surface area contributed by atoms with E-state index in [2.05, 4.69) is 5.32 Å². The lowest BCUT2D eigenvalue weighted by molar-refractivity contribution is 0.0697. The molecule has 0 unspecified atom stereocenters. The number of anilines is 1. The van der Waals surface area contributed by atoms with Gasteiger partial charge < -0.3 is 20.4 Å². The van der Waals surface area contributed by atoms with E-state index in [9.17, 15) is 9.59 Å². The summed E-state index contributed by atoms with van der Waals surface area (Å²) in [5, 5.41) is 2.82. The highest BCUT2D eigenvalue weighted by Gasteiger charge is 2.25. The third-order valence-corrected chi connectivity index (χ3v) is 4.97. The van der Waals surface area contributed by atoms with E-state index in [1.807, 2.05) is 18.0 Å². The second-order valence-corrected chi connectivity index (χ2v) is 6.71. The van der Waals surface area contributed by atoms with Crippen molar-refractivity contribution in [2.75, 3.05) is 12.4 Å². The Labute approximate surface area is 153 Å². The van der Waals surface area contributed by atoms with Crippen LogP contribution >= 0.6 is 0 Å². The monoisotopic (exact) mass is 355 g/mol. The maximum atomic E-state index is 13.0. The summed E-state index contributed by atoms with van der Waals surface area (Å²) in [5.74, 6) is 0.146. The Morgan fingerprint density at radius 2 is 1.96 bits per heavy atom. The van der Waals surface area contributed by atoms with Crippen molar-refractivity contribution in [2.24, 2.45) is 5.73 Å². The van der Waals surface area contributed by atoms with Gasteiger partial charge in [0.25, 0.3) is 11.8 Å². The quantitative estimate of drug-likeness (QED) is 0.860. The smallest absolute Gasteiger partial charge is 0.258 e. The molecule has 1 aromatic carbocycles. The lowest BCUT2D eigenvalue weighted by Gasteiger charge is -2.31.